The highest BCUT2D eigenvalue weighted by Gasteiger charge is 2.35. The van der Waals surface area contributed by atoms with Gasteiger partial charge in [0, 0.05) is 36.8 Å². The number of nitrogens with zero attached hydrogens (tertiary/aromatic N) is 1. The van der Waals surface area contributed by atoms with E-state index in [1.807, 2.05) is 0 Å². The van der Waals surface area contributed by atoms with Crippen molar-refractivity contribution >= 4 is 18.3 Å². The molecule has 5 nitrogen and oxygen atoms in total. The van der Waals surface area contributed by atoms with Gasteiger partial charge in [0.2, 0.25) is 0 Å². The highest BCUT2D eigenvalue weighted by molar-refractivity contribution is 5.94. The second-order valence-corrected chi connectivity index (χ2v) is 7.79. The summed E-state index contributed by atoms with van der Waals surface area (Å²) in [5, 5.41) is 13.9. The van der Waals surface area contributed by atoms with Crippen molar-refractivity contribution in [3.8, 4) is 0 Å². The van der Waals surface area contributed by atoms with Gasteiger partial charge in [0.15, 0.2) is 5.69 Å². The lowest BCUT2D eigenvalue weighted by Gasteiger charge is -2.40. The Labute approximate surface area is 144 Å². The molecule has 1 saturated carbocycles. The normalized spacial score (nSPS) is 24.5. The number of carbonyl (C=O) groups is 1. The number of fused-ring (bicyclic) bond motifs is 1. The summed E-state index contributed by atoms with van der Waals surface area (Å²) in [6, 6.07) is 0.269. The van der Waals surface area contributed by atoms with Crippen molar-refractivity contribution in [2.45, 2.75) is 65.5 Å². The molecule has 0 radical (unpaired) electrons. The predicted molar refractivity (Wildman–Crippen MR) is 93.9 cm³/mol. The molecule has 2 unspecified atom stereocenters. The minimum absolute atomic E-state index is 0. The number of nitrogens with one attached hydrogen (secondary N) is 3. The van der Waals surface area contributed by atoms with E-state index < -0.39 is 0 Å². The van der Waals surface area contributed by atoms with E-state index in [0.717, 1.165) is 37.2 Å². The Morgan fingerprint density at radius 3 is 2.74 bits per heavy atom. The molecule has 2 atom stereocenters. The summed E-state index contributed by atoms with van der Waals surface area (Å²) < 4.78 is 0. The van der Waals surface area contributed by atoms with Crippen molar-refractivity contribution < 1.29 is 4.79 Å². The molecule has 1 aliphatic carbocycles. The molecule has 1 aliphatic heterocycles. The largest absolute Gasteiger partial charge is 0.348 e. The molecule has 2 heterocycles. The van der Waals surface area contributed by atoms with Crippen molar-refractivity contribution in [2.24, 2.45) is 11.3 Å². The number of H-pyrrole nitrogens is 1. The van der Waals surface area contributed by atoms with Gasteiger partial charge in [0.25, 0.3) is 5.91 Å². The maximum atomic E-state index is 12.7. The van der Waals surface area contributed by atoms with E-state index >= 15 is 0 Å². The summed E-state index contributed by atoms with van der Waals surface area (Å²) in [6.45, 7) is 8.53. The third kappa shape index (κ3) is 3.89. The maximum absolute atomic E-state index is 12.7. The van der Waals surface area contributed by atoms with Crippen LogP contribution in [-0.4, -0.2) is 28.7 Å². The van der Waals surface area contributed by atoms with Crippen LogP contribution in [0, 0.1) is 11.3 Å². The summed E-state index contributed by atoms with van der Waals surface area (Å²) in [4.78, 5) is 12.7. The van der Waals surface area contributed by atoms with Crippen molar-refractivity contribution in [3.63, 3.8) is 0 Å². The Morgan fingerprint density at radius 1 is 1.26 bits per heavy atom. The van der Waals surface area contributed by atoms with Gasteiger partial charge < -0.3 is 10.6 Å². The van der Waals surface area contributed by atoms with Crippen LogP contribution in [0.1, 0.15) is 68.2 Å². The first-order chi connectivity index (χ1) is 10.5. The van der Waals surface area contributed by atoms with Crippen LogP contribution < -0.4 is 10.6 Å². The van der Waals surface area contributed by atoms with Crippen molar-refractivity contribution in [2.75, 3.05) is 6.54 Å². The van der Waals surface area contributed by atoms with E-state index in [-0.39, 0.29) is 29.8 Å². The van der Waals surface area contributed by atoms with E-state index in [9.17, 15) is 4.79 Å². The second kappa shape index (κ2) is 7.22. The number of carbonyl (C=O) groups excluding carboxylic acids is 1. The van der Waals surface area contributed by atoms with Crippen LogP contribution >= 0.6 is 12.4 Å². The number of rotatable bonds is 2. The minimum atomic E-state index is -0.0117. The number of aromatic amines is 1. The van der Waals surface area contributed by atoms with Gasteiger partial charge in [0.05, 0.1) is 0 Å². The first-order valence-corrected chi connectivity index (χ1v) is 8.54. The molecule has 1 fully saturated rings. The zero-order valence-corrected chi connectivity index (χ0v) is 15.2. The van der Waals surface area contributed by atoms with Crippen LogP contribution in [-0.2, 0) is 13.0 Å². The van der Waals surface area contributed by atoms with Crippen LogP contribution in [0.15, 0.2) is 0 Å². The van der Waals surface area contributed by atoms with Gasteiger partial charge >= 0.3 is 0 Å². The Hall–Kier alpha value is -1.07. The van der Waals surface area contributed by atoms with Crippen LogP contribution in [0.4, 0.5) is 0 Å². The Morgan fingerprint density at radius 2 is 2.00 bits per heavy atom. The molecular weight excluding hydrogens is 312 g/mol. The standard InChI is InChI=1S/C17H28N4O.ClH/c1-17(2,3)12-6-4-5-7-14(12)19-16(22)15-11-10-18-9-8-13(11)20-21-15;/h12,14,18H,4-10H2,1-3H3,(H,19,22)(H,20,21);1H. The first-order valence-electron chi connectivity index (χ1n) is 8.54. The minimum Gasteiger partial charge on any atom is -0.348 e. The highest BCUT2D eigenvalue weighted by atomic mass is 35.5. The highest BCUT2D eigenvalue weighted by Crippen LogP contribution is 2.38. The van der Waals surface area contributed by atoms with Crippen LogP contribution in [0.2, 0.25) is 0 Å². The molecule has 130 valence electrons. The molecule has 0 aromatic carbocycles. The fourth-order valence-corrected chi connectivity index (χ4v) is 3.99. The summed E-state index contributed by atoms with van der Waals surface area (Å²) in [6.07, 6.45) is 5.69. The van der Waals surface area contributed by atoms with Crippen LogP contribution in [0.25, 0.3) is 0 Å². The zero-order chi connectivity index (χ0) is 15.7. The Bertz CT molecular complexity index is 549. The van der Waals surface area contributed by atoms with E-state index in [0.29, 0.717) is 11.6 Å². The molecule has 1 aromatic rings. The van der Waals surface area contributed by atoms with Gasteiger partial charge in [-0.25, -0.2) is 0 Å². The lowest BCUT2D eigenvalue weighted by Crippen LogP contribution is -2.47. The fourth-order valence-electron chi connectivity index (χ4n) is 3.99. The fraction of sp³-hybridized carbons (Fsp3) is 0.765. The third-order valence-corrected chi connectivity index (χ3v) is 5.22. The van der Waals surface area contributed by atoms with Crippen LogP contribution in [0.5, 0.6) is 0 Å². The smallest absolute Gasteiger partial charge is 0.272 e. The van der Waals surface area contributed by atoms with Crippen molar-refractivity contribution in [3.05, 3.63) is 17.0 Å². The van der Waals surface area contributed by atoms with Gasteiger partial charge in [-0.15, -0.1) is 12.4 Å². The van der Waals surface area contributed by atoms with E-state index in [1.165, 1.54) is 19.3 Å². The van der Waals surface area contributed by atoms with Gasteiger partial charge in [0.1, 0.15) is 0 Å². The lowest BCUT2D eigenvalue weighted by molar-refractivity contribution is 0.0824. The number of halogens is 1. The molecule has 23 heavy (non-hydrogen) atoms. The average molecular weight is 341 g/mol. The van der Waals surface area contributed by atoms with Gasteiger partial charge in [-0.1, -0.05) is 33.6 Å². The quantitative estimate of drug-likeness (QED) is 0.775. The van der Waals surface area contributed by atoms with Crippen LogP contribution in [0.3, 0.4) is 0 Å². The zero-order valence-electron chi connectivity index (χ0n) is 14.4. The summed E-state index contributed by atoms with van der Waals surface area (Å²) in [7, 11) is 0. The molecule has 0 spiro atoms. The van der Waals surface area contributed by atoms with Crippen molar-refractivity contribution in [1.82, 2.24) is 20.8 Å². The molecule has 6 heteroatoms. The maximum Gasteiger partial charge on any atom is 0.272 e. The van der Waals surface area contributed by atoms with Gasteiger partial charge in [-0.05, 0) is 24.2 Å². The molecule has 3 N–H and O–H groups in total. The molecule has 0 saturated heterocycles. The number of hydrogen-bond donors (Lipinski definition) is 3. The number of hydrogen-bond acceptors (Lipinski definition) is 3. The molecular formula is C17H29ClN4O. The second-order valence-electron chi connectivity index (χ2n) is 7.79. The van der Waals surface area contributed by atoms with E-state index in [1.54, 1.807) is 0 Å². The predicted octanol–water partition coefficient (Wildman–Crippen LogP) is 2.81. The summed E-state index contributed by atoms with van der Waals surface area (Å²) in [5.74, 6) is 0.528. The number of amides is 1. The summed E-state index contributed by atoms with van der Waals surface area (Å²) in [5.41, 5.74) is 2.97. The molecule has 3 rings (SSSR count). The van der Waals surface area contributed by atoms with Gasteiger partial charge in [-0.2, -0.15) is 5.10 Å². The van der Waals surface area contributed by atoms with E-state index in [4.69, 9.17) is 0 Å². The summed E-state index contributed by atoms with van der Waals surface area (Å²) >= 11 is 0. The number of aromatic nitrogens is 2. The third-order valence-electron chi connectivity index (χ3n) is 5.22. The SMILES string of the molecule is CC(C)(C)C1CCCCC1NC(=O)c1n[nH]c2c1CNCC2.Cl. The van der Waals surface area contributed by atoms with E-state index in [2.05, 4.69) is 41.6 Å². The molecule has 0 bridgehead atoms. The molecule has 2 aliphatic rings. The Balaban J connectivity index is 0.00000192. The monoisotopic (exact) mass is 340 g/mol. The lowest BCUT2D eigenvalue weighted by atomic mass is 9.69. The topological polar surface area (TPSA) is 69.8 Å². The molecule has 1 aromatic heterocycles. The average Bonchev–Trinajstić information content (AvgIpc) is 2.90. The van der Waals surface area contributed by atoms with Crippen molar-refractivity contribution in [1.29, 1.82) is 0 Å². The Kier molecular flexibility index (Phi) is 5.74. The van der Waals surface area contributed by atoms with Gasteiger partial charge in [-0.3, -0.25) is 9.89 Å². The molecule has 1 amide bonds. The first kappa shape index (κ1) is 18.3.